The number of carbonyl (C=O) groups is 1. The molecule has 9 heteroatoms. The zero-order chi connectivity index (χ0) is 16.3. The van der Waals surface area contributed by atoms with Crippen LogP contribution in [-0.4, -0.2) is 26.3 Å². The quantitative estimate of drug-likeness (QED) is 0.732. The first-order chi connectivity index (χ1) is 10.4. The maximum absolute atomic E-state index is 12.1. The van der Waals surface area contributed by atoms with E-state index in [2.05, 4.69) is 15.5 Å². The molecular weight excluding hydrogens is 328 g/mol. The minimum atomic E-state index is -0.694. The maximum Gasteiger partial charge on any atom is 0.342 e. The molecule has 0 aliphatic heterocycles. The zero-order valence-corrected chi connectivity index (χ0v) is 13.3. The Morgan fingerprint density at radius 2 is 2.14 bits per heavy atom. The lowest BCUT2D eigenvalue weighted by molar-refractivity contribution is -0.115. The molecule has 1 aromatic carbocycles. The highest BCUT2D eigenvalue weighted by Crippen LogP contribution is 2.22. The summed E-state index contributed by atoms with van der Waals surface area (Å²) < 4.78 is 0. The Bertz CT molecular complexity index is 817. The second-order valence-corrected chi connectivity index (χ2v) is 6.26. The number of rotatable bonds is 4. The number of benzene rings is 1. The summed E-state index contributed by atoms with van der Waals surface area (Å²) in [5, 5.41) is 8.42. The standard InChI is InChI=1S/C13H13ClN4O3S/c1-6-3-4-8(5-9(6)14)15-10(19)7(2)22-12-11(20)16-13(21)18-17-12/h3-5,7H,1-2H3,(H,15,19)(H2,16,18,20,21). The van der Waals surface area contributed by atoms with Gasteiger partial charge in [-0.3, -0.25) is 14.6 Å². The molecule has 0 saturated heterocycles. The lowest BCUT2D eigenvalue weighted by Gasteiger charge is -2.11. The van der Waals surface area contributed by atoms with Crippen molar-refractivity contribution in [3.63, 3.8) is 0 Å². The first-order valence-corrected chi connectivity index (χ1v) is 7.55. The number of nitrogens with one attached hydrogen (secondary N) is 3. The van der Waals surface area contributed by atoms with Crippen molar-refractivity contribution in [1.29, 1.82) is 0 Å². The van der Waals surface area contributed by atoms with Crippen molar-refractivity contribution in [2.75, 3.05) is 5.32 Å². The van der Waals surface area contributed by atoms with Crippen LogP contribution in [0.3, 0.4) is 0 Å². The van der Waals surface area contributed by atoms with Crippen molar-refractivity contribution >= 4 is 35.0 Å². The van der Waals surface area contributed by atoms with Crippen LogP contribution < -0.4 is 16.6 Å². The van der Waals surface area contributed by atoms with Gasteiger partial charge in [-0.15, -0.1) is 0 Å². The first-order valence-electron chi connectivity index (χ1n) is 6.29. The number of thioether (sulfide) groups is 1. The summed E-state index contributed by atoms with van der Waals surface area (Å²) in [6.07, 6.45) is 0. The molecule has 1 heterocycles. The van der Waals surface area contributed by atoms with Crippen molar-refractivity contribution in [3.05, 3.63) is 49.6 Å². The third-order valence-electron chi connectivity index (χ3n) is 2.78. The minimum absolute atomic E-state index is 0.0178. The van der Waals surface area contributed by atoms with E-state index in [0.29, 0.717) is 10.7 Å². The molecule has 0 saturated carbocycles. The second-order valence-electron chi connectivity index (χ2n) is 4.53. The number of aromatic amines is 2. The number of hydrogen-bond acceptors (Lipinski definition) is 5. The highest BCUT2D eigenvalue weighted by molar-refractivity contribution is 8.00. The van der Waals surface area contributed by atoms with Gasteiger partial charge in [0, 0.05) is 10.7 Å². The number of H-pyrrole nitrogens is 2. The molecule has 1 unspecified atom stereocenters. The molecule has 3 N–H and O–H groups in total. The van der Waals surface area contributed by atoms with Crippen LogP contribution in [0.1, 0.15) is 12.5 Å². The lowest BCUT2D eigenvalue weighted by atomic mass is 10.2. The molecule has 1 atom stereocenters. The molecule has 0 aliphatic carbocycles. The minimum Gasteiger partial charge on any atom is -0.325 e. The Morgan fingerprint density at radius 3 is 2.77 bits per heavy atom. The number of carbonyl (C=O) groups excluding carboxylic acids is 1. The van der Waals surface area contributed by atoms with Gasteiger partial charge in [0.15, 0.2) is 5.03 Å². The second kappa shape index (κ2) is 6.80. The fraction of sp³-hybridized carbons (Fsp3) is 0.231. The average Bonchev–Trinajstić information content (AvgIpc) is 2.45. The largest absolute Gasteiger partial charge is 0.342 e. The van der Waals surface area contributed by atoms with Crippen LogP contribution in [0.15, 0.2) is 32.8 Å². The van der Waals surface area contributed by atoms with E-state index in [-0.39, 0.29) is 10.9 Å². The Labute approximate surface area is 134 Å². The summed E-state index contributed by atoms with van der Waals surface area (Å²) in [7, 11) is 0. The maximum atomic E-state index is 12.1. The van der Waals surface area contributed by atoms with Crippen LogP contribution in [0.2, 0.25) is 5.02 Å². The zero-order valence-electron chi connectivity index (χ0n) is 11.8. The molecule has 116 valence electrons. The number of aromatic nitrogens is 3. The Kier molecular flexibility index (Phi) is 5.04. The summed E-state index contributed by atoms with van der Waals surface area (Å²) in [6.45, 7) is 3.49. The van der Waals surface area contributed by atoms with Crippen LogP contribution in [0.4, 0.5) is 5.69 Å². The van der Waals surface area contributed by atoms with Gasteiger partial charge in [-0.1, -0.05) is 29.4 Å². The summed E-state index contributed by atoms with van der Waals surface area (Å²) >= 11 is 6.94. The van der Waals surface area contributed by atoms with E-state index in [1.807, 2.05) is 11.9 Å². The van der Waals surface area contributed by atoms with E-state index in [1.165, 1.54) is 0 Å². The lowest BCUT2D eigenvalue weighted by Crippen LogP contribution is -2.28. The van der Waals surface area contributed by atoms with Crippen LogP contribution in [-0.2, 0) is 4.79 Å². The van der Waals surface area contributed by atoms with E-state index in [9.17, 15) is 14.4 Å². The molecule has 1 amide bonds. The SMILES string of the molecule is Cc1ccc(NC(=O)C(C)Sc2n[nH]c(=O)[nH]c2=O)cc1Cl. The number of halogens is 1. The Balaban J connectivity index is 2.07. The van der Waals surface area contributed by atoms with Gasteiger partial charge in [0.1, 0.15) is 0 Å². The van der Waals surface area contributed by atoms with Gasteiger partial charge in [0.2, 0.25) is 5.91 Å². The van der Waals surface area contributed by atoms with Crippen LogP contribution in [0.25, 0.3) is 0 Å². The molecule has 22 heavy (non-hydrogen) atoms. The normalized spacial score (nSPS) is 12.0. The Morgan fingerprint density at radius 1 is 1.41 bits per heavy atom. The van der Waals surface area contributed by atoms with Crippen LogP contribution >= 0.6 is 23.4 Å². The third kappa shape index (κ3) is 3.99. The van der Waals surface area contributed by atoms with Crippen molar-refractivity contribution in [1.82, 2.24) is 15.2 Å². The number of amides is 1. The van der Waals surface area contributed by atoms with Gasteiger partial charge in [-0.05, 0) is 31.5 Å². The first kappa shape index (κ1) is 16.3. The van der Waals surface area contributed by atoms with Gasteiger partial charge >= 0.3 is 5.69 Å². The van der Waals surface area contributed by atoms with Crippen molar-refractivity contribution in [2.45, 2.75) is 24.1 Å². The molecule has 2 rings (SSSR count). The van der Waals surface area contributed by atoms with Gasteiger partial charge < -0.3 is 5.32 Å². The van der Waals surface area contributed by atoms with E-state index in [0.717, 1.165) is 17.3 Å². The topological polar surface area (TPSA) is 108 Å². The van der Waals surface area contributed by atoms with E-state index in [1.54, 1.807) is 25.1 Å². The average molecular weight is 341 g/mol. The smallest absolute Gasteiger partial charge is 0.325 e. The van der Waals surface area contributed by atoms with Crippen molar-refractivity contribution in [2.24, 2.45) is 0 Å². The van der Waals surface area contributed by atoms with Crippen molar-refractivity contribution < 1.29 is 4.79 Å². The molecule has 7 nitrogen and oxygen atoms in total. The number of anilines is 1. The van der Waals surface area contributed by atoms with Crippen LogP contribution in [0.5, 0.6) is 0 Å². The third-order valence-corrected chi connectivity index (χ3v) is 4.25. The summed E-state index contributed by atoms with van der Waals surface area (Å²) in [4.78, 5) is 36.6. The van der Waals surface area contributed by atoms with Gasteiger partial charge in [0.25, 0.3) is 5.56 Å². The van der Waals surface area contributed by atoms with Gasteiger partial charge in [0.05, 0.1) is 5.25 Å². The van der Waals surface area contributed by atoms with Crippen LogP contribution in [0, 0.1) is 6.92 Å². The van der Waals surface area contributed by atoms with E-state index in [4.69, 9.17) is 11.6 Å². The van der Waals surface area contributed by atoms with Gasteiger partial charge in [-0.2, -0.15) is 5.10 Å². The highest BCUT2D eigenvalue weighted by atomic mass is 35.5. The fourth-order valence-corrected chi connectivity index (χ4v) is 2.49. The summed E-state index contributed by atoms with van der Waals surface area (Å²) in [5.41, 5.74) is 0.148. The fourth-order valence-electron chi connectivity index (χ4n) is 1.55. The predicted octanol–water partition coefficient (Wildman–Crippen LogP) is 1.54. The van der Waals surface area contributed by atoms with E-state index < -0.39 is 16.5 Å². The van der Waals surface area contributed by atoms with Crippen molar-refractivity contribution in [3.8, 4) is 0 Å². The summed E-state index contributed by atoms with van der Waals surface area (Å²) in [5.74, 6) is -0.308. The number of nitrogens with zero attached hydrogens (tertiary/aromatic N) is 1. The number of hydrogen-bond donors (Lipinski definition) is 3. The van der Waals surface area contributed by atoms with Gasteiger partial charge in [-0.25, -0.2) is 9.89 Å². The highest BCUT2D eigenvalue weighted by Gasteiger charge is 2.17. The molecule has 0 radical (unpaired) electrons. The van der Waals surface area contributed by atoms with E-state index >= 15 is 0 Å². The predicted molar refractivity (Wildman–Crippen MR) is 85.6 cm³/mol. The molecule has 2 aromatic rings. The Hall–Kier alpha value is -2.06. The summed E-state index contributed by atoms with van der Waals surface area (Å²) in [6, 6.07) is 5.18. The molecule has 0 aliphatic rings. The molecule has 0 fully saturated rings. The molecule has 1 aromatic heterocycles. The number of aryl methyl sites for hydroxylation is 1. The molecule has 0 spiro atoms. The molecular formula is C13H13ClN4O3S. The monoisotopic (exact) mass is 340 g/mol. The molecule has 0 bridgehead atoms.